The first-order chi connectivity index (χ1) is 8.49. The van der Waals surface area contributed by atoms with Gasteiger partial charge < -0.3 is 10.0 Å². The number of nitrogens with zero attached hydrogens (tertiary/aromatic N) is 1. The maximum Gasteiger partial charge on any atom is 0.222 e. The molecule has 1 amide bonds. The van der Waals surface area contributed by atoms with Crippen molar-refractivity contribution in [3.8, 4) is 5.75 Å². The van der Waals surface area contributed by atoms with Gasteiger partial charge in [-0.25, -0.2) is 0 Å². The quantitative estimate of drug-likeness (QED) is 0.842. The summed E-state index contributed by atoms with van der Waals surface area (Å²) in [6.45, 7) is 5.15. The van der Waals surface area contributed by atoms with Crippen LogP contribution in [0.1, 0.15) is 32.3 Å². The first kappa shape index (κ1) is 14.6. The van der Waals surface area contributed by atoms with Crippen LogP contribution in [0.25, 0.3) is 0 Å². The van der Waals surface area contributed by atoms with Gasteiger partial charge in [-0.1, -0.05) is 26.0 Å². The van der Waals surface area contributed by atoms with Crippen molar-refractivity contribution in [2.45, 2.75) is 33.1 Å². The van der Waals surface area contributed by atoms with E-state index in [2.05, 4.69) is 13.8 Å². The number of hydrogen-bond acceptors (Lipinski definition) is 2. The number of aromatic hydroxyl groups is 1. The molecule has 0 aliphatic heterocycles. The third-order valence-electron chi connectivity index (χ3n) is 3.03. The summed E-state index contributed by atoms with van der Waals surface area (Å²) in [7, 11) is 1.86. The van der Waals surface area contributed by atoms with E-state index in [0.29, 0.717) is 12.3 Å². The van der Waals surface area contributed by atoms with Crippen molar-refractivity contribution in [1.29, 1.82) is 0 Å². The summed E-state index contributed by atoms with van der Waals surface area (Å²) in [5.74, 6) is 1.07. The highest BCUT2D eigenvalue weighted by Gasteiger charge is 2.09. The highest BCUT2D eigenvalue weighted by atomic mass is 16.3. The Morgan fingerprint density at radius 3 is 2.44 bits per heavy atom. The van der Waals surface area contributed by atoms with Gasteiger partial charge in [0.25, 0.3) is 0 Å². The lowest BCUT2D eigenvalue weighted by molar-refractivity contribution is -0.130. The van der Waals surface area contributed by atoms with E-state index in [1.165, 1.54) is 0 Å². The van der Waals surface area contributed by atoms with Gasteiger partial charge in [0.05, 0.1) is 0 Å². The minimum atomic E-state index is 0.184. The summed E-state index contributed by atoms with van der Waals surface area (Å²) >= 11 is 0. The van der Waals surface area contributed by atoms with Gasteiger partial charge in [0.15, 0.2) is 0 Å². The van der Waals surface area contributed by atoms with Crippen LogP contribution < -0.4 is 0 Å². The third-order valence-corrected chi connectivity index (χ3v) is 3.03. The molecule has 0 atom stereocenters. The van der Waals surface area contributed by atoms with Crippen molar-refractivity contribution >= 4 is 5.91 Å². The number of benzene rings is 1. The number of carbonyl (C=O) groups is 1. The number of hydrogen-bond donors (Lipinski definition) is 1. The number of rotatable bonds is 6. The average molecular weight is 249 g/mol. The van der Waals surface area contributed by atoms with Gasteiger partial charge in [0, 0.05) is 20.0 Å². The molecule has 0 aromatic heterocycles. The molecule has 3 heteroatoms. The molecule has 0 fully saturated rings. The molecule has 0 spiro atoms. The lowest BCUT2D eigenvalue weighted by atomic mass is 10.1. The zero-order valence-electron chi connectivity index (χ0n) is 11.5. The highest BCUT2D eigenvalue weighted by Crippen LogP contribution is 2.11. The Hall–Kier alpha value is -1.51. The standard InChI is InChI=1S/C15H23NO2/c1-12(2)10-11-16(3)15(18)9-6-13-4-7-14(17)8-5-13/h4-5,7-8,12,17H,6,9-11H2,1-3H3. The van der Waals surface area contributed by atoms with E-state index in [1.54, 1.807) is 17.0 Å². The van der Waals surface area contributed by atoms with Crippen LogP contribution in [-0.2, 0) is 11.2 Å². The van der Waals surface area contributed by atoms with Crippen LogP contribution in [0.15, 0.2) is 24.3 Å². The zero-order chi connectivity index (χ0) is 13.5. The smallest absolute Gasteiger partial charge is 0.222 e. The van der Waals surface area contributed by atoms with Crippen LogP contribution in [0.4, 0.5) is 0 Å². The second-order valence-electron chi connectivity index (χ2n) is 5.16. The van der Waals surface area contributed by atoms with Crippen LogP contribution in [0.3, 0.4) is 0 Å². The minimum Gasteiger partial charge on any atom is -0.508 e. The molecule has 3 nitrogen and oxygen atoms in total. The molecule has 1 N–H and O–H groups in total. The van der Waals surface area contributed by atoms with Gasteiger partial charge in [-0.05, 0) is 36.5 Å². The molecule has 0 unspecified atom stereocenters. The summed E-state index contributed by atoms with van der Waals surface area (Å²) in [6, 6.07) is 7.03. The number of phenolic OH excluding ortho intramolecular Hbond substituents is 1. The lowest BCUT2D eigenvalue weighted by Gasteiger charge is -2.18. The Bertz CT molecular complexity index is 371. The molecule has 0 saturated heterocycles. The average Bonchev–Trinajstić information content (AvgIpc) is 2.34. The largest absolute Gasteiger partial charge is 0.508 e. The summed E-state index contributed by atoms with van der Waals surface area (Å²) in [5, 5.41) is 9.17. The van der Waals surface area contributed by atoms with Gasteiger partial charge >= 0.3 is 0 Å². The van der Waals surface area contributed by atoms with E-state index >= 15 is 0 Å². The van der Waals surface area contributed by atoms with E-state index in [9.17, 15) is 4.79 Å². The fraction of sp³-hybridized carbons (Fsp3) is 0.533. The predicted octanol–water partition coefficient (Wildman–Crippen LogP) is 2.83. The highest BCUT2D eigenvalue weighted by molar-refractivity contribution is 5.76. The number of carbonyl (C=O) groups excluding carboxylic acids is 1. The van der Waals surface area contributed by atoms with E-state index in [1.807, 2.05) is 19.2 Å². The molecule has 1 aromatic carbocycles. The molecule has 0 saturated carbocycles. The molecule has 0 radical (unpaired) electrons. The minimum absolute atomic E-state index is 0.184. The first-order valence-electron chi connectivity index (χ1n) is 6.51. The van der Waals surface area contributed by atoms with E-state index in [4.69, 9.17) is 5.11 Å². The molecule has 0 bridgehead atoms. The fourth-order valence-corrected chi connectivity index (χ4v) is 1.68. The number of phenols is 1. The van der Waals surface area contributed by atoms with E-state index < -0.39 is 0 Å². The predicted molar refractivity (Wildman–Crippen MR) is 73.5 cm³/mol. The normalized spacial score (nSPS) is 10.7. The van der Waals surface area contributed by atoms with Gasteiger partial charge in [0.1, 0.15) is 5.75 Å². The summed E-state index contributed by atoms with van der Waals surface area (Å²) in [5.41, 5.74) is 1.08. The van der Waals surface area contributed by atoms with Gasteiger partial charge in [0.2, 0.25) is 5.91 Å². The number of aryl methyl sites for hydroxylation is 1. The molecule has 0 heterocycles. The van der Waals surface area contributed by atoms with Crippen molar-refractivity contribution in [2.24, 2.45) is 5.92 Å². The summed E-state index contributed by atoms with van der Waals surface area (Å²) in [6.07, 6.45) is 2.30. The zero-order valence-corrected chi connectivity index (χ0v) is 11.5. The maximum absolute atomic E-state index is 11.9. The third kappa shape index (κ3) is 5.21. The molecular formula is C15H23NO2. The second-order valence-corrected chi connectivity index (χ2v) is 5.16. The van der Waals surface area contributed by atoms with Crippen LogP contribution in [-0.4, -0.2) is 29.5 Å². The van der Waals surface area contributed by atoms with Crippen molar-refractivity contribution in [3.63, 3.8) is 0 Å². The fourth-order valence-electron chi connectivity index (χ4n) is 1.68. The lowest BCUT2D eigenvalue weighted by Crippen LogP contribution is -2.28. The Kier molecular flexibility index (Phi) is 5.69. The molecule has 0 aliphatic carbocycles. The molecule has 18 heavy (non-hydrogen) atoms. The topological polar surface area (TPSA) is 40.5 Å². The van der Waals surface area contributed by atoms with Crippen LogP contribution >= 0.6 is 0 Å². The summed E-state index contributed by atoms with van der Waals surface area (Å²) < 4.78 is 0. The molecule has 1 aromatic rings. The summed E-state index contributed by atoms with van der Waals surface area (Å²) in [4.78, 5) is 13.7. The van der Waals surface area contributed by atoms with Crippen molar-refractivity contribution in [3.05, 3.63) is 29.8 Å². The van der Waals surface area contributed by atoms with Crippen molar-refractivity contribution in [1.82, 2.24) is 4.90 Å². The van der Waals surface area contributed by atoms with Crippen molar-refractivity contribution in [2.75, 3.05) is 13.6 Å². The van der Waals surface area contributed by atoms with E-state index in [0.717, 1.165) is 24.9 Å². The monoisotopic (exact) mass is 249 g/mol. The molecule has 0 aliphatic rings. The van der Waals surface area contributed by atoms with Crippen LogP contribution in [0, 0.1) is 5.92 Å². The Labute approximate surface area is 109 Å². The Morgan fingerprint density at radius 2 is 1.89 bits per heavy atom. The van der Waals surface area contributed by atoms with Gasteiger partial charge in [-0.15, -0.1) is 0 Å². The number of amides is 1. The van der Waals surface area contributed by atoms with Gasteiger partial charge in [-0.2, -0.15) is 0 Å². The molecule has 1 rings (SSSR count). The Balaban J connectivity index is 2.34. The maximum atomic E-state index is 11.9. The SMILES string of the molecule is CC(C)CCN(C)C(=O)CCc1ccc(O)cc1. The van der Waals surface area contributed by atoms with Crippen LogP contribution in [0.2, 0.25) is 0 Å². The Morgan fingerprint density at radius 1 is 1.28 bits per heavy atom. The second kappa shape index (κ2) is 7.04. The van der Waals surface area contributed by atoms with Crippen LogP contribution in [0.5, 0.6) is 5.75 Å². The molecular weight excluding hydrogens is 226 g/mol. The first-order valence-corrected chi connectivity index (χ1v) is 6.51. The van der Waals surface area contributed by atoms with E-state index in [-0.39, 0.29) is 11.7 Å². The van der Waals surface area contributed by atoms with Gasteiger partial charge in [-0.3, -0.25) is 4.79 Å². The molecule has 100 valence electrons. The van der Waals surface area contributed by atoms with Crippen molar-refractivity contribution < 1.29 is 9.90 Å².